The zero-order valence-corrected chi connectivity index (χ0v) is 26.6. The van der Waals surface area contributed by atoms with Crippen molar-refractivity contribution in [1.29, 1.82) is 0 Å². The topological polar surface area (TPSA) is 61.8 Å². The van der Waals surface area contributed by atoms with Gasteiger partial charge in [-0.3, -0.25) is 0 Å². The van der Waals surface area contributed by atoms with Crippen molar-refractivity contribution in [2.75, 3.05) is 18.1 Å². The smallest absolute Gasteiger partial charge is 0.353 e. The third-order valence-corrected chi connectivity index (χ3v) is 13.7. The maximum atomic E-state index is 15.2. The number of benzene rings is 2. The highest BCUT2D eigenvalue weighted by Gasteiger charge is 2.96. The number of fused-ring (bicyclic) bond motifs is 1. The highest BCUT2D eigenvalue weighted by atomic mass is 32.3. The van der Waals surface area contributed by atoms with Crippen molar-refractivity contribution in [3.63, 3.8) is 0 Å². The molecule has 0 aliphatic carbocycles. The molecule has 2 heterocycles. The van der Waals surface area contributed by atoms with Gasteiger partial charge in [0.1, 0.15) is 0 Å². The average Bonchev–Trinajstić information content (AvgIpc) is 3.42. The normalized spacial score (nSPS) is 25.2. The third kappa shape index (κ3) is 6.30. The molecule has 0 amide bonds. The minimum absolute atomic E-state index is 0.0131. The standard InChI is InChI=1S/C27H23F17O5S2/c28-20(29,22(32,33)24(36,37)26(40,41)42)21(30,31)23(34,35)25(38,39)27(43,44)51(45,46)49-50(18-9-5-7-15-6-1-2-8-17(15)18)13-11-16(14-50)48-19-10-3-4-12-47-19/h1-2,5-9,16,19H,3-4,10-14H2. The van der Waals surface area contributed by atoms with Crippen molar-refractivity contribution in [2.45, 2.75) is 89.9 Å². The number of halogens is 17. The minimum atomic E-state index is -8.94. The first-order chi connectivity index (χ1) is 23.0. The van der Waals surface area contributed by atoms with E-state index in [0.717, 1.165) is 6.07 Å². The Labute approximate surface area is 278 Å². The molecule has 0 aromatic heterocycles. The van der Waals surface area contributed by atoms with E-state index in [1.54, 1.807) is 0 Å². The first-order valence-corrected chi connectivity index (χ1v) is 17.5. The van der Waals surface area contributed by atoms with Crippen LogP contribution in [-0.4, -0.2) is 85.9 Å². The number of ether oxygens (including phenoxy) is 2. The fourth-order valence-corrected chi connectivity index (χ4v) is 11.2. The summed E-state index contributed by atoms with van der Waals surface area (Å²) in [6, 6.07) is 9.06. The van der Waals surface area contributed by atoms with Gasteiger partial charge in [0.05, 0.1) is 6.10 Å². The SMILES string of the molecule is O=S(=O)(OS1(c2cccc3ccccc23)CCC(OC2CCCCO2)C1)C(F)(F)C(F)(F)C(F)(F)C(F)(F)C(F)(F)C(F)(F)C(F)(F)C(F)(F)F. The van der Waals surface area contributed by atoms with Crippen LogP contribution >= 0.6 is 10.3 Å². The molecule has 0 radical (unpaired) electrons. The highest BCUT2D eigenvalue weighted by Crippen LogP contribution is 2.68. The second kappa shape index (κ2) is 12.9. The van der Waals surface area contributed by atoms with Gasteiger partial charge in [0.15, 0.2) is 6.29 Å². The van der Waals surface area contributed by atoms with Crippen molar-refractivity contribution in [3.8, 4) is 0 Å². The van der Waals surface area contributed by atoms with Gasteiger partial charge in [-0.1, -0.05) is 46.7 Å². The average molecular weight is 815 g/mol. The van der Waals surface area contributed by atoms with Gasteiger partial charge in [-0.2, -0.15) is 83.1 Å². The molecule has 0 spiro atoms. The Kier molecular flexibility index (Phi) is 10.5. The molecule has 4 rings (SSSR count). The monoisotopic (exact) mass is 814 g/mol. The lowest BCUT2D eigenvalue weighted by atomic mass is 9.91. The van der Waals surface area contributed by atoms with Gasteiger partial charge in [0.2, 0.25) is 0 Å². The molecule has 2 fully saturated rings. The van der Waals surface area contributed by atoms with Gasteiger partial charge < -0.3 is 9.47 Å². The summed E-state index contributed by atoms with van der Waals surface area (Å²) in [5.74, 6) is -53.7. The minimum Gasteiger partial charge on any atom is -0.353 e. The number of hydrogen-bond donors (Lipinski definition) is 0. The lowest BCUT2D eigenvalue weighted by Crippen LogP contribution is -2.75. The third-order valence-electron chi connectivity index (χ3n) is 8.08. The van der Waals surface area contributed by atoms with E-state index in [1.807, 2.05) is 0 Å². The van der Waals surface area contributed by atoms with Crippen LogP contribution in [0.4, 0.5) is 74.6 Å². The van der Waals surface area contributed by atoms with Gasteiger partial charge in [-0.05, 0) is 42.5 Å². The van der Waals surface area contributed by atoms with Gasteiger partial charge in [-0.25, -0.2) is 3.63 Å². The van der Waals surface area contributed by atoms with Gasteiger partial charge in [0, 0.05) is 23.0 Å². The Balaban J connectivity index is 1.79. The van der Waals surface area contributed by atoms with E-state index < -0.39 is 91.3 Å². The Morgan fingerprint density at radius 3 is 1.73 bits per heavy atom. The molecule has 0 bridgehead atoms. The second-order valence-electron chi connectivity index (χ2n) is 11.5. The van der Waals surface area contributed by atoms with Crippen LogP contribution in [0.1, 0.15) is 25.7 Å². The summed E-state index contributed by atoms with van der Waals surface area (Å²) < 4.78 is 278. The Hall–Kier alpha value is -2.31. The molecule has 2 aromatic carbocycles. The lowest BCUT2D eigenvalue weighted by molar-refractivity contribution is -0.458. The number of rotatable bonds is 12. The summed E-state index contributed by atoms with van der Waals surface area (Å²) >= 11 is 0. The van der Waals surface area contributed by atoms with Gasteiger partial charge >= 0.3 is 57.1 Å². The fraction of sp³-hybridized carbons (Fsp3) is 0.630. The molecule has 2 aromatic rings. The van der Waals surface area contributed by atoms with Gasteiger partial charge in [0.25, 0.3) is 0 Å². The zero-order chi connectivity index (χ0) is 38.9. The van der Waals surface area contributed by atoms with E-state index in [-0.39, 0.29) is 35.1 Å². The molecule has 0 saturated carbocycles. The quantitative estimate of drug-likeness (QED) is 0.200. The molecule has 2 saturated heterocycles. The Morgan fingerprint density at radius 2 is 1.18 bits per heavy atom. The molecule has 2 aliphatic heterocycles. The van der Waals surface area contributed by atoms with Crippen molar-refractivity contribution in [1.82, 2.24) is 0 Å². The first kappa shape index (κ1) is 41.4. The van der Waals surface area contributed by atoms with Crippen LogP contribution < -0.4 is 0 Å². The Bertz CT molecular complexity index is 1690. The summed E-state index contributed by atoms with van der Waals surface area (Å²) in [7, 11) is -11.9. The van der Waals surface area contributed by atoms with E-state index in [1.165, 1.54) is 36.4 Å². The first-order valence-electron chi connectivity index (χ1n) is 14.2. The summed E-state index contributed by atoms with van der Waals surface area (Å²) in [6.45, 7) is 0.197. The summed E-state index contributed by atoms with van der Waals surface area (Å²) in [5.41, 5.74) is 0. The molecule has 3 atom stereocenters. The van der Waals surface area contributed by atoms with Crippen LogP contribution in [0.2, 0.25) is 0 Å². The van der Waals surface area contributed by atoms with E-state index in [2.05, 4.69) is 3.63 Å². The molecule has 2 aliphatic rings. The van der Waals surface area contributed by atoms with E-state index in [4.69, 9.17) is 9.47 Å². The largest absolute Gasteiger partial charge is 0.460 e. The van der Waals surface area contributed by atoms with Crippen LogP contribution in [0.3, 0.4) is 0 Å². The maximum Gasteiger partial charge on any atom is 0.460 e. The molecule has 292 valence electrons. The lowest BCUT2D eigenvalue weighted by Gasteiger charge is -2.43. The van der Waals surface area contributed by atoms with E-state index >= 15 is 8.78 Å². The van der Waals surface area contributed by atoms with E-state index in [9.17, 15) is 74.3 Å². The van der Waals surface area contributed by atoms with Crippen LogP contribution in [-0.2, 0) is 23.2 Å². The van der Waals surface area contributed by atoms with Crippen LogP contribution in [0.15, 0.2) is 47.4 Å². The fourth-order valence-electron chi connectivity index (χ4n) is 5.27. The molecule has 3 unspecified atom stereocenters. The second-order valence-corrected chi connectivity index (χ2v) is 16.3. The molecular weight excluding hydrogens is 791 g/mol. The summed E-state index contributed by atoms with van der Waals surface area (Å²) in [5, 5.41) is -7.54. The molecule has 51 heavy (non-hydrogen) atoms. The molecule has 0 N–H and O–H groups in total. The van der Waals surface area contributed by atoms with Crippen molar-refractivity contribution >= 4 is 31.2 Å². The zero-order valence-electron chi connectivity index (χ0n) is 24.9. The number of alkyl halides is 17. The van der Waals surface area contributed by atoms with Crippen molar-refractivity contribution in [3.05, 3.63) is 42.5 Å². The van der Waals surface area contributed by atoms with Crippen LogP contribution in [0, 0.1) is 0 Å². The number of hydrogen-bond acceptors (Lipinski definition) is 5. The summed E-state index contributed by atoms with van der Waals surface area (Å²) in [6.07, 6.45) is -8.88. The summed E-state index contributed by atoms with van der Waals surface area (Å²) in [4.78, 5) is -0.323. The van der Waals surface area contributed by atoms with Gasteiger partial charge in [-0.15, -0.1) is 0 Å². The molecule has 24 heteroatoms. The molecular formula is C27H23F17O5S2. The van der Waals surface area contributed by atoms with Crippen molar-refractivity contribution in [2.24, 2.45) is 0 Å². The predicted molar refractivity (Wildman–Crippen MR) is 143 cm³/mol. The predicted octanol–water partition coefficient (Wildman–Crippen LogP) is 9.55. The Morgan fingerprint density at radius 1 is 0.647 bits per heavy atom. The van der Waals surface area contributed by atoms with Crippen LogP contribution in [0.25, 0.3) is 10.8 Å². The van der Waals surface area contributed by atoms with Crippen LogP contribution in [0.5, 0.6) is 0 Å². The maximum absolute atomic E-state index is 15.2. The highest BCUT2D eigenvalue weighted by molar-refractivity contribution is 8.33. The van der Waals surface area contributed by atoms with Crippen molar-refractivity contribution < 1.29 is 96.2 Å². The van der Waals surface area contributed by atoms with E-state index in [0.29, 0.717) is 12.8 Å². The molecule has 5 nitrogen and oxygen atoms in total.